The van der Waals surface area contributed by atoms with Crippen LogP contribution in [0.3, 0.4) is 0 Å². The van der Waals surface area contributed by atoms with Crippen LogP contribution in [0.5, 0.6) is 0 Å². The quantitative estimate of drug-likeness (QED) is 0.722. The highest BCUT2D eigenvalue weighted by molar-refractivity contribution is 5.40. The lowest BCUT2D eigenvalue weighted by molar-refractivity contribution is -0.0172. The molecule has 1 heterocycles. The van der Waals surface area contributed by atoms with E-state index in [0.717, 1.165) is 43.2 Å². The summed E-state index contributed by atoms with van der Waals surface area (Å²) >= 11 is 0. The highest BCUT2D eigenvalue weighted by Gasteiger charge is 2.58. The van der Waals surface area contributed by atoms with Crippen LogP contribution in [0.15, 0.2) is 16.2 Å². The second-order valence-corrected chi connectivity index (χ2v) is 9.38. The molecule has 0 aromatic carbocycles. The molecule has 5 rings (SSSR count). The summed E-state index contributed by atoms with van der Waals surface area (Å²) in [4.78, 5) is 0. The number of aliphatic hydroxyl groups excluding tert-OH is 1. The van der Waals surface area contributed by atoms with Crippen LogP contribution < -0.4 is 0 Å². The molecule has 4 aliphatic carbocycles. The zero-order valence-corrected chi connectivity index (χ0v) is 15.1. The van der Waals surface area contributed by atoms with Gasteiger partial charge < -0.3 is 9.63 Å². The van der Waals surface area contributed by atoms with E-state index in [0.29, 0.717) is 11.3 Å². The van der Waals surface area contributed by atoms with E-state index in [2.05, 4.69) is 32.0 Å². The molecule has 3 heteroatoms. The van der Waals surface area contributed by atoms with Crippen molar-refractivity contribution in [3.05, 3.63) is 28.7 Å². The van der Waals surface area contributed by atoms with E-state index in [1.165, 1.54) is 30.6 Å². The minimum Gasteiger partial charge on any atom is -0.393 e. The van der Waals surface area contributed by atoms with Gasteiger partial charge in [-0.2, -0.15) is 0 Å². The predicted molar refractivity (Wildman–Crippen MR) is 92.7 cm³/mol. The molecule has 6 atom stereocenters. The first kappa shape index (κ1) is 15.2. The number of aromatic nitrogens is 1. The molecule has 24 heavy (non-hydrogen) atoms. The van der Waals surface area contributed by atoms with Gasteiger partial charge in [-0.3, -0.25) is 0 Å². The molecular weight excluding hydrogens is 298 g/mol. The number of aliphatic hydroxyl groups is 1. The van der Waals surface area contributed by atoms with Crippen LogP contribution >= 0.6 is 0 Å². The van der Waals surface area contributed by atoms with Crippen molar-refractivity contribution in [2.75, 3.05) is 0 Å². The fraction of sp³-hybridized carbons (Fsp3) is 0.762. The smallest absolute Gasteiger partial charge is 0.141 e. The zero-order valence-electron chi connectivity index (χ0n) is 15.1. The number of aryl methyl sites for hydroxylation is 1. The Kier molecular flexibility index (Phi) is 3.01. The van der Waals surface area contributed by atoms with Crippen molar-refractivity contribution in [3.8, 4) is 0 Å². The van der Waals surface area contributed by atoms with Gasteiger partial charge >= 0.3 is 0 Å². The van der Waals surface area contributed by atoms with Crippen LogP contribution in [0, 0.1) is 30.1 Å². The number of hydrogen-bond donors (Lipinski definition) is 1. The van der Waals surface area contributed by atoms with Gasteiger partial charge in [0.25, 0.3) is 0 Å². The molecule has 0 saturated heterocycles. The third-order valence-electron chi connectivity index (χ3n) is 8.38. The Morgan fingerprint density at radius 1 is 1.12 bits per heavy atom. The van der Waals surface area contributed by atoms with E-state index >= 15 is 0 Å². The average molecular weight is 327 g/mol. The van der Waals surface area contributed by atoms with Crippen LogP contribution in [0.1, 0.15) is 69.4 Å². The molecule has 1 aromatic rings. The van der Waals surface area contributed by atoms with Gasteiger partial charge in [0.05, 0.1) is 11.8 Å². The maximum Gasteiger partial charge on any atom is 0.141 e. The maximum absolute atomic E-state index is 10.1. The molecule has 1 aromatic heterocycles. The molecule has 0 radical (unpaired) electrons. The van der Waals surface area contributed by atoms with Crippen LogP contribution in [-0.2, 0) is 11.8 Å². The summed E-state index contributed by atoms with van der Waals surface area (Å²) in [6.07, 6.45) is 10.3. The van der Waals surface area contributed by atoms with Crippen LogP contribution in [0.4, 0.5) is 0 Å². The number of rotatable bonds is 0. The van der Waals surface area contributed by atoms with E-state index in [9.17, 15) is 5.11 Å². The largest absolute Gasteiger partial charge is 0.393 e. The summed E-state index contributed by atoms with van der Waals surface area (Å²) in [5.41, 5.74) is 4.69. The molecule has 2 fully saturated rings. The Morgan fingerprint density at radius 2 is 1.92 bits per heavy atom. The number of hydrogen-bond acceptors (Lipinski definition) is 3. The molecule has 130 valence electrons. The summed E-state index contributed by atoms with van der Waals surface area (Å²) in [7, 11) is 0. The lowest BCUT2D eigenvalue weighted by Gasteiger charge is -2.57. The SMILES string of the molecule is Cc1noc2c1C1(C)CCC3C(CC=C4CC(O)CCC43C)C1C2. The molecule has 3 nitrogen and oxygen atoms in total. The highest BCUT2D eigenvalue weighted by Crippen LogP contribution is 2.64. The normalized spacial score (nSPS) is 46.6. The van der Waals surface area contributed by atoms with E-state index in [1.807, 2.05) is 0 Å². The Balaban J connectivity index is 1.54. The maximum atomic E-state index is 10.1. The number of allylic oxidation sites excluding steroid dienone is 1. The minimum atomic E-state index is -0.112. The van der Waals surface area contributed by atoms with Gasteiger partial charge in [0.1, 0.15) is 5.76 Å². The van der Waals surface area contributed by atoms with Crippen LogP contribution in [0.2, 0.25) is 0 Å². The summed E-state index contributed by atoms with van der Waals surface area (Å²) < 4.78 is 5.69. The van der Waals surface area contributed by atoms with Crippen molar-refractivity contribution in [3.63, 3.8) is 0 Å². The topological polar surface area (TPSA) is 46.3 Å². The molecule has 6 unspecified atom stereocenters. The molecule has 0 aliphatic heterocycles. The first-order valence-corrected chi connectivity index (χ1v) is 9.76. The van der Waals surface area contributed by atoms with Crippen molar-refractivity contribution >= 4 is 0 Å². The van der Waals surface area contributed by atoms with Crippen molar-refractivity contribution in [2.24, 2.45) is 23.2 Å². The van der Waals surface area contributed by atoms with E-state index < -0.39 is 0 Å². The lowest BCUT2D eigenvalue weighted by atomic mass is 9.47. The zero-order chi connectivity index (χ0) is 16.7. The molecule has 0 spiro atoms. The van der Waals surface area contributed by atoms with Gasteiger partial charge in [-0.25, -0.2) is 0 Å². The van der Waals surface area contributed by atoms with E-state index in [4.69, 9.17) is 4.52 Å². The number of fused-ring (bicyclic) bond motifs is 7. The fourth-order valence-corrected chi connectivity index (χ4v) is 7.14. The first-order chi connectivity index (χ1) is 11.4. The summed E-state index contributed by atoms with van der Waals surface area (Å²) in [6.45, 7) is 7.07. The van der Waals surface area contributed by atoms with Gasteiger partial charge in [-0.15, -0.1) is 0 Å². The standard InChI is InChI=1S/C21H29NO2/c1-12-19-18(24-22-12)11-17-15-5-4-13-10-14(23)6-8-20(13,2)16(15)7-9-21(17,19)3/h4,14-17,23H,5-11H2,1-3H3. The molecular formula is C21H29NO2. The second kappa shape index (κ2) is 4.75. The average Bonchev–Trinajstić information content (AvgIpc) is 3.06. The van der Waals surface area contributed by atoms with Crippen LogP contribution in [0.25, 0.3) is 0 Å². The van der Waals surface area contributed by atoms with Gasteiger partial charge in [-0.05, 0) is 68.6 Å². The molecule has 2 saturated carbocycles. The molecule has 4 aliphatic rings. The summed E-state index contributed by atoms with van der Waals surface area (Å²) in [5, 5.41) is 14.4. The van der Waals surface area contributed by atoms with Crippen LogP contribution in [-0.4, -0.2) is 16.4 Å². The van der Waals surface area contributed by atoms with Crippen molar-refractivity contribution in [2.45, 2.75) is 77.2 Å². The van der Waals surface area contributed by atoms with Gasteiger partial charge in [-0.1, -0.05) is 30.7 Å². The Morgan fingerprint density at radius 3 is 2.75 bits per heavy atom. The Bertz CT molecular complexity index is 719. The van der Waals surface area contributed by atoms with Crippen molar-refractivity contribution in [1.29, 1.82) is 0 Å². The van der Waals surface area contributed by atoms with Crippen molar-refractivity contribution < 1.29 is 9.63 Å². The molecule has 1 N–H and O–H groups in total. The monoisotopic (exact) mass is 327 g/mol. The Hall–Kier alpha value is -1.09. The highest BCUT2D eigenvalue weighted by atomic mass is 16.5. The fourth-order valence-electron chi connectivity index (χ4n) is 7.14. The van der Waals surface area contributed by atoms with Gasteiger partial charge in [0, 0.05) is 17.4 Å². The van der Waals surface area contributed by atoms with E-state index in [-0.39, 0.29) is 11.5 Å². The first-order valence-electron chi connectivity index (χ1n) is 9.76. The third kappa shape index (κ3) is 1.75. The summed E-state index contributed by atoms with van der Waals surface area (Å²) in [5.74, 6) is 3.41. The van der Waals surface area contributed by atoms with Crippen molar-refractivity contribution in [1.82, 2.24) is 5.16 Å². The summed E-state index contributed by atoms with van der Waals surface area (Å²) in [6, 6.07) is 0. The minimum absolute atomic E-state index is 0.112. The molecule has 0 amide bonds. The molecule has 0 bridgehead atoms. The lowest BCUT2D eigenvalue weighted by Crippen LogP contribution is -2.51. The second-order valence-electron chi connectivity index (χ2n) is 9.38. The third-order valence-corrected chi connectivity index (χ3v) is 8.38. The number of nitrogens with zero attached hydrogens (tertiary/aromatic N) is 1. The van der Waals surface area contributed by atoms with Gasteiger partial charge in [0.15, 0.2) is 0 Å². The Labute approximate surface area is 144 Å². The predicted octanol–water partition coefficient (Wildman–Crippen LogP) is 4.32. The van der Waals surface area contributed by atoms with E-state index in [1.54, 1.807) is 5.57 Å². The van der Waals surface area contributed by atoms with Gasteiger partial charge in [0.2, 0.25) is 0 Å².